The summed E-state index contributed by atoms with van der Waals surface area (Å²) in [5.41, 5.74) is 1.55. The average molecular weight is 292 g/mol. The average Bonchev–Trinajstić information content (AvgIpc) is 2.47. The quantitative estimate of drug-likeness (QED) is 0.935. The zero-order chi connectivity index (χ0) is 13.7. The monoisotopic (exact) mass is 291 g/mol. The Morgan fingerprint density at radius 3 is 2.60 bits per heavy atom. The first-order valence-corrected chi connectivity index (χ1v) is 6.39. The summed E-state index contributed by atoms with van der Waals surface area (Å²) in [6, 6.07) is 9.07. The van der Waals surface area contributed by atoms with Crippen LogP contribution in [0.2, 0.25) is 0 Å². The number of hydrogen-bond donors (Lipinski definition) is 1. The molecule has 2 aromatic heterocycles. The van der Waals surface area contributed by atoms with E-state index in [1.807, 2.05) is 12.1 Å². The van der Waals surface area contributed by atoms with Crippen LogP contribution < -0.4 is 5.32 Å². The molecule has 2 aromatic rings. The first-order valence-electron chi connectivity index (χ1n) is 6.39. The Kier molecular flexibility index (Phi) is 6.12. The van der Waals surface area contributed by atoms with Crippen LogP contribution in [-0.2, 0) is 0 Å². The van der Waals surface area contributed by atoms with Crippen molar-refractivity contribution in [1.29, 1.82) is 0 Å². The van der Waals surface area contributed by atoms with E-state index in [1.54, 1.807) is 30.6 Å². The molecule has 0 spiro atoms. The largest absolute Gasteiger partial charge is 0.305 e. The van der Waals surface area contributed by atoms with Gasteiger partial charge < -0.3 is 5.32 Å². The summed E-state index contributed by atoms with van der Waals surface area (Å²) in [4.78, 5) is 20.2. The molecule has 0 fully saturated rings. The molecule has 0 saturated carbocycles. The first kappa shape index (κ1) is 16.1. The SMILES string of the molecule is CCC(C)c1ccc(C(=O)Nc2ccccn2)nc1.Cl. The normalized spacial score (nSPS) is 11.3. The molecule has 0 bridgehead atoms. The van der Waals surface area contributed by atoms with Crippen molar-refractivity contribution in [1.82, 2.24) is 9.97 Å². The number of halogens is 1. The van der Waals surface area contributed by atoms with E-state index in [4.69, 9.17) is 0 Å². The lowest BCUT2D eigenvalue weighted by Crippen LogP contribution is -2.14. The van der Waals surface area contributed by atoms with Crippen molar-refractivity contribution in [2.75, 3.05) is 5.32 Å². The summed E-state index contributed by atoms with van der Waals surface area (Å²) in [5, 5.41) is 2.71. The van der Waals surface area contributed by atoms with Crippen LogP contribution in [0.1, 0.15) is 42.2 Å². The summed E-state index contributed by atoms with van der Waals surface area (Å²) >= 11 is 0. The van der Waals surface area contributed by atoms with Gasteiger partial charge in [0.25, 0.3) is 5.91 Å². The highest BCUT2D eigenvalue weighted by atomic mass is 35.5. The lowest BCUT2D eigenvalue weighted by atomic mass is 10.0. The van der Waals surface area contributed by atoms with Crippen LogP contribution in [0, 0.1) is 0 Å². The van der Waals surface area contributed by atoms with Crippen LogP contribution >= 0.6 is 12.4 Å². The molecule has 1 amide bonds. The number of anilines is 1. The third-order valence-electron chi connectivity index (χ3n) is 3.11. The molecule has 0 aliphatic carbocycles. The molecule has 4 nitrogen and oxygen atoms in total. The molecule has 0 radical (unpaired) electrons. The second-order valence-electron chi connectivity index (χ2n) is 4.46. The maximum atomic E-state index is 12.0. The van der Waals surface area contributed by atoms with Gasteiger partial charge in [-0.2, -0.15) is 0 Å². The molecule has 1 N–H and O–H groups in total. The van der Waals surface area contributed by atoms with E-state index in [9.17, 15) is 4.79 Å². The van der Waals surface area contributed by atoms with Gasteiger partial charge in [0.15, 0.2) is 0 Å². The second-order valence-corrected chi connectivity index (χ2v) is 4.46. The standard InChI is InChI=1S/C15H17N3O.ClH/c1-3-11(2)12-7-8-13(17-10-12)15(19)18-14-6-4-5-9-16-14;/h4-11H,3H2,1-2H3,(H,16,18,19);1H. The second kappa shape index (κ2) is 7.60. The van der Waals surface area contributed by atoms with E-state index in [0.717, 1.165) is 12.0 Å². The maximum absolute atomic E-state index is 12.0. The van der Waals surface area contributed by atoms with E-state index < -0.39 is 0 Å². The van der Waals surface area contributed by atoms with Crippen molar-refractivity contribution in [2.45, 2.75) is 26.2 Å². The molecule has 0 aliphatic rings. The van der Waals surface area contributed by atoms with Gasteiger partial charge >= 0.3 is 0 Å². The number of amides is 1. The topological polar surface area (TPSA) is 54.9 Å². The van der Waals surface area contributed by atoms with Crippen LogP contribution in [0.3, 0.4) is 0 Å². The Morgan fingerprint density at radius 2 is 2.05 bits per heavy atom. The Balaban J connectivity index is 0.00000200. The van der Waals surface area contributed by atoms with Crippen LogP contribution in [0.4, 0.5) is 5.82 Å². The van der Waals surface area contributed by atoms with Crippen molar-refractivity contribution in [2.24, 2.45) is 0 Å². The predicted octanol–water partition coefficient (Wildman–Crippen LogP) is 3.66. The first-order chi connectivity index (χ1) is 9.20. The number of aromatic nitrogens is 2. The molecule has 1 atom stereocenters. The molecular weight excluding hydrogens is 274 g/mol. The highest BCUT2D eigenvalue weighted by Crippen LogP contribution is 2.17. The van der Waals surface area contributed by atoms with Crippen LogP contribution in [0.25, 0.3) is 0 Å². The van der Waals surface area contributed by atoms with Gasteiger partial charge in [0.1, 0.15) is 11.5 Å². The minimum absolute atomic E-state index is 0. The summed E-state index contributed by atoms with van der Waals surface area (Å²) in [5.74, 6) is 0.745. The van der Waals surface area contributed by atoms with Gasteiger partial charge in [0.05, 0.1) is 0 Å². The smallest absolute Gasteiger partial charge is 0.275 e. The van der Waals surface area contributed by atoms with Crippen molar-refractivity contribution >= 4 is 24.1 Å². The van der Waals surface area contributed by atoms with Crippen LogP contribution in [0.5, 0.6) is 0 Å². The highest BCUT2D eigenvalue weighted by molar-refractivity contribution is 6.02. The number of nitrogens with zero attached hydrogens (tertiary/aromatic N) is 2. The molecule has 0 aromatic carbocycles. The molecule has 0 aliphatic heterocycles. The van der Waals surface area contributed by atoms with Gasteiger partial charge in [-0.3, -0.25) is 9.78 Å². The number of hydrogen-bond acceptors (Lipinski definition) is 3. The minimum atomic E-state index is -0.241. The van der Waals surface area contributed by atoms with Gasteiger partial charge in [-0.1, -0.05) is 26.0 Å². The third-order valence-corrected chi connectivity index (χ3v) is 3.11. The van der Waals surface area contributed by atoms with E-state index in [0.29, 0.717) is 17.4 Å². The van der Waals surface area contributed by atoms with E-state index in [-0.39, 0.29) is 18.3 Å². The Labute approximate surface area is 125 Å². The van der Waals surface area contributed by atoms with Gasteiger partial charge in [0, 0.05) is 12.4 Å². The number of carbonyl (C=O) groups excluding carboxylic acids is 1. The predicted molar refractivity (Wildman–Crippen MR) is 82.4 cm³/mol. The van der Waals surface area contributed by atoms with E-state index in [1.165, 1.54) is 0 Å². The summed E-state index contributed by atoms with van der Waals surface area (Å²) in [7, 11) is 0. The van der Waals surface area contributed by atoms with Crippen molar-refractivity contribution in [3.05, 3.63) is 54.0 Å². The highest BCUT2D eigenvalue weighted by Gasteiger charge is 2.09. The maximum Gasteiger partial charge on any atom is 0.275 e. The fourth-order valence-electron chi connectivity index (χ4n) is 1.68. The Bertz CT molecular complexity index is 543. The summed E-state index contributed by atoms with van der Waals surface area (Å²) in [6.45, 7) is 4.27. The molecule has 2 heterocycles. The number of pyridine rings is 2. The number of nitrogens with one attached hydrogen (secondary N) is 1. The minimum Gasteiger partial charge on any atom is -0.305 e. The molecular formula is C15H18ClN3O. The summed E-state index contributed by atoms with van der Waals surface area (Å²) < 4.78 is 0. The molecule has 2 rings (SSSR count). The molecule has 0 saturated heterocycles. The van der Waals surface area contributed by atoms with Crippen molar-refractivity contribution < 1.29 is 4.79 Å². The zero-order valence-corrected chi connectivity index (χ0v) is 12.4. The fraction of sp³-hybridized carbons (Fsp3) is 0.267. The summed E-state index contributed by atoms with van der Waals surface area (Å²) in [6.07, 6.45) is 4.46. The molecule has 1 unspecified atom stereocenters. The van der Waals surface area contributed by atoms with Gasteiger partial charge in [-0.25, -0.2) is 4.98 Å². The van der Waals surface area contributed by atoms with Crippen molar-refractivity contribution in [3.8, 4) is 0 Å². The van der Waals surface area contributed by atoms with Crippen molar-refractivity contribution in [3.63, 3.8) is 0 Å². The molecule has 106 valence electrons. The van der Waals surface area contributed by atoms with Gasteiger partial charge in [-0.05, 0) is 36.1 Å². The Morgan fingerprint density at radius 1 is 1.25 bits per heavy atom. The van der Waals surface area contributed by atoms with E-state index >= 15 is 0 Å². The Hall–Kier alpha value is -1.94. The fourth-order valence-corrected chi connectivity index (χ4v) is 1.68. The molecule has 20 heavy (non-hydrogen) atoms. The van der Waals surface area contributed by atoms with Gasteiger partial charge in [-0.15, -0.1) is 12.4 Å². The van der Waals surface area contributed by atoms with Crippen LogP contribution in [-0.4, -0.2) is 15.9 Å². The number of carbonyl (C=O) groups is 1. The van der Waals surface area contributed by atoms with E-state index in [2.05, 4.69) is 29.1 Å². The molecule has 5 heteroatoms. The lowest BCUT2D eigenvalue weighted by Gasteiger charge is -2.09. The zero-order valence-electron chi connectivity index (χ0n) is 11.5. The third kappa shape index (κ3) is 4.03. The number of rotatable bonds is 4. The van der Waals surface area contributed by atoms with Crippen LogP contribution in [0.15, 0.2) is 42.7 Å². The lowest BCUT2D eigenvalue weighted by molar-refractivity contribution is 0.102. The van der Waals surface area contributed by atoms with Gasteiger partial charge in [0.2, 0.25) is 0 Å².